The van der Waals surface area contributed by atoms with Crippen LogP contribution in [-0.2, 0) is 0 Å². The van der Waals surface area contributed by atoms with Crippen molar-refractivity contribution in [2.75, 3.05) is 19.6 Å². The zero-order valence-corrected chi connectivity index (χ0v) is 13.5. The van der Waals surface area contributed by atoms with E-state index in [-0.39, 0.29) is 0 Å². The molecule has 1 heterocycles. The Morgan fingerprint density at radius 2 is 1.85 bits per heavy atom. The van der Waals surface area contributed by atoms with Gasteiger partial charge >= 0.3 is 0 Å². The smallest absolute Gasteiger partial charge is 0.0296 e. The average molecular weight is 274 g/mol. The van der Waals surface area contributed by atoms with Gasteiger partial charge in [0.15, 0.2) is 0 Å². The second kappa shape index (κ2) is 7.24. The van der Waals surface area contributed by atoms with Crippen LogP contribution in [0.1, 0.15) is 50.8 Å². The topological polar surface area (TPSA) is 15.3 Å². The molecular weight excluding hydrogens is 244 g/mol. The number of hydrogen-bond acceptors (Lipinski definition) is 2. The maximum Gasteiger partial charge on any atom is 0.0296 e. The fraction of sp³-hybridized carbons (Fsp3) is 0.667. The van der Waals surface area contributed by atoms with Crippen molar-refractivity contribution in [1.29, 1.82) is 0 Å². The fourth-order valence-corrected chi connectivity index (χ4v) is 3.46. The number of likely N-dealkylation sites (tertiary alicyclic amines) is 1. The quantitative estimate of drug-likeness (QED) is 0.879. The van der Waals surface area contributed by atoms with Gasteiger partial charge in [-0.1, -0.05) is 31.2 Å². The van der Waals surface area contributed by atoms with Crippen molar-refractivity contribution in [1.82, 2.24) is 10.2 Å². The standard InChI is InChI=1S/C18H30N2/c1-5-20-12-10-17(11-13-20)15(3)19-16(4)18-9-7-6-8-14(18)2/h6-9,15-17,19H,5,10-13H2,1-4H3/t15?,16-/m0/s1. The third-order valence-electron chi connectivity index (χ3n) is 4.95. The van der Waals surface area contributed by atoms with Gasteiger partial charge in [-0.3, -0.25) is 0 Å². The summed E-state index contributed by atoms with van der Waals surface area (Å²) < 4.78 is 0. The van der Waals surface area contributed by atoms with E-state index in [0.29, 0.717) is 12.1 Å². The molecule has 2 heteroatoms. The van der Waals surface area contributed by atoms with Crippen molar-refractivity contribution < 1.29 is 0 Å². The Balaban J connectivity index is 1.88. The third kappa shape index (κ3) is 3.83. The normalized spacial score (nSPS) is 20.8. The van der Waals surface area contributed by atoms with Gasteiger partial charge in [0.2, 0.25) is 0 Å². The second-order valence-electron chi connectivity index (χ2n) is 6.31. The molecule has 2 rings (SSSR count). The number of nitrogens with one attached hydrogen (secondary N) is 1. The molecule has 0 aliphatic carbocycles. The minimum absolute atomic E-state index is 0.440. The molecule has 2 atom stereocenters. The number of hydrogen-bond donors (Lipinski definition) is 1. The van der Waals surface area contributed by atoms with Crippen molar-refractivity contribution in [3.05, 3.63) is 35.4 Å². The summed E-state index contributed by atoms with van der Waals surface area (Å²) in [7, 11) is 0. The van der Waals surface area contributed by atoms with Gasteiger partial charge in [-0.15, -0.1) is 0 Å². The molecule has 1 aliphatic rings. The highest BCUT2D eigenvalue weighted by Crippen LogP contribution is 2.24. The summed E-state index contributed by atoms with van der Waals surface area (Å²) in [6.07, 6.45) is 2.67. The number of rotatable bonds is 5. The van der Waals surface area contributed by atoms with Crippen LogP contribution in [0.25, 0.3) is 0 Å². The van der Waals surface area contributed by atoms with Gasteiger partial charge in [0.25, 0.3) is 0 Å². The van der Waals surface area contributed by atoms with Crippen molar-refractivity contribution >= 4 is 0 Å². The first-order chi connectivity index (χ1) is 9.61. The van der Waals surface area contributed by atoms with E-state index in [9.17, 15) is 0 Å². The summed E-state index contributed by atoms with van der Waals surface area (Å²) >= 11 is 0. The van der Waals surface area contributed by atoms with Crippen molar-refractivity contribution in [2.24, 2.45) is 5.92 Å². The van der Waals surface area contributed by atoms with Crippen LogP contribution in [0.15, 0.2) is 24.3 Å². The van der Waals surface area contributed by atoms with Crippen molar-refractivity contribution in [3.63, 3.8) is 0 Å². The van der Waals surface area contributed by atoms with Crippen LogP contribution < -0.4 is 5.32 Å². The predicted octanol–water partition coefficient (Wildman–Crippen LogP) is 3.77. The summed E-state index contributed by atoms with van der Waals surface area (Å²) in [5.41, 5.74) is 2.82. The Morgan fingerprint density at radius 1 is 1.20 bits per heavy atom. The molecule has 1 aliphatic heterocycles. The molecule has 0 spiro atoms. The lowest BCUT2D eigenvalue weighted by atomic mass is 9.89. The van der Waals surface area contributed by atoms with Gasteiger partial charge in [0.05, 0.1) is 0 Å². The van der Waals surface area contributed by atoms with Gasteiger partial charge in [-0.05, 0) is 70.3 Å². The molecule has 0 bridgehead atoms. The SMILES string of the molecule is CCN1CCC(C(C)N[C@@H](C)c2ccccc2C)CC1. The number of piperidine rings is 1. The zero-order valence-electron chi connectivity index (χ0n) is 13.5. The van der Waals surface area contributed by atoms with Gasteiger partial charge in [-0.2, -0.15) is 0 Å². The van der Waals surface area contributed by atoms with Gasteiger partial charge in [0.1, 0.15) is 0 Å². The summed E-state index contributed by atoms with van der Waals surface area (Å²) in [5.74, 6) is 0.823. The van der Waals surface area contributed by atoms with Crippen LogP contribution >= 0.6 is 0 Å². The minimum atomic E-state index is 0.440. The summed E-state index contributed by atoms with van der Waals surface area (Å²) in [5, 5.41) is 3.82. The lowest BCUT2D eigenvalue weighted by molar-refractivity contribution is 0.165. The highest BCUT2D eigenvalue weighted by molar-refractivity contribution is 5.28. The largest absolute Gasteiger partial charge is 0.307 e. The second-order valence-corrected chi connectivity index (χ2v) is 6.31. The maximum atomic E-state index is 3.82. The summed E-state index contributed by atoms with van der Waals surface area (Å²) in [6, 6.07) is 9.76. The van der Waals surface area contributed by atoms with E-state index in [4.69, 9.17) is 0 Å². The molecule has 1 fully saturated rings. The molecule has 20 heavy (non-hydrogen) atoms. The van der Waals surface area contributed by atoms with Gasteiger partial charge in [0, 0.05) is 12.1 Å². The molecule has 0 aromatic heterocycles. The fourth-order valence-electron chi connectivity index (χ4n) is 3.46. The summed E-state index contributed by atoms with van der Waals surface area (Å²) in [6.45, 7) is 12.9. The van der Waals surface area contributed by atoms with Crippen molar-refractivity contribution in [2.45, 2.75) is 52.6 Å². The molecule has 2 nitrogen and oxygen atoms in total. The lowest BCUT2D eigenvalue weighted by Gasteiger charge is -2.36. The van der Waals surface area contributed by atoms with Crippen LogP contribution in [-0.4, -0.2) is 30.6 Å². The van der Waals surface area contributed by atoms with Crippen LogP contribution in [0.3, 0.4) is 0 Å². The van der Waals surface area contributed by atoms with E-state index >= 15 is 0 Å². The van der Waals surface area contributed by atoms with Crippen LogP contribution in [0.4, 0.5) is 0 Å². The molecule has 1 saturated heterocycles. The number of benzene rings is 1. The summed E-state index contributed by atoms with van der Waals surface area (Å²) in [4.78, 5) is 2.56. The van der Waals surface area contributed by atoms with Crippen LogP contribution in [0.2, 0.25) is 0 Å². The minimum Gasteiger partial charge on any atom is -0.307 e. The third-order valence-corrected chi connectivity index (χ3v) is 4.95. The average Bonchev–Trinajstić information content (AvgIpc) is 2.47. The Bertz CT molecular complexity index is 408. The molecule has 1 unspecified atom stereocenters. The van der Waals surface area contributed by atoms with E-state index in [1.165, 1.54) is 43.6 Å². The first-order valence-corrected chi connectivity index (χ1v) is 8.15. The van der Waals surface area contributed by atoms with Gasteiger partial charge < -0.3 is 10.2 Å². The van der Waals surface area contributed by atoms with E-state index in [0.717, 1.165) is 5.92 Å². The van der Waals surface area contributed by atoms with Gasteiger partial charge in [-0.25, -0.2) is 0 Å². The Labute approximate surface area is 124 Å². The van der Waals surface area contributed by atoms with Crippen LogP contribution in [0.5, 0.6) is 0 Å². The predicted molar refractivity (Wildman–Crippen MR) is 87.0 cm³/mol. The monoisotopic (exact) mass is 274 g/mol. The Kier molecular flexibility index (Phi) is 5.62. The van der Waals surface area contributed by atoms with E-state index in [1.807, 2.05) is 0 Å². The molecule has 1 aromatic rings. The molecule has 0 amide bonds. The molecule has 1 N–H and O–H groups in total. The highest BCUT2D eigenvalue weighted by atomic mass is 15.1. The Hall–Kier alpha value is -0.860. The van der Waals surface area contributed by atoms with Crippen LogP contribution in [0, 0.1) is 12.8 Å². The molecule has 0 radical (unpaired) electrons. The molecule has 112 valence electrons. The van der Waals surface area contributed by atoms with E-state index in [2.05, 4.69) is 62.2 Å². The maximum absolute atomic E-state index is 3.82. The Morgan fingerprint density at radius 3 is 2.45 bits per heavy atom. The zero-order chi connectivity index (χ0) is 14.5. The van der Waals surface area contributed by atoms with E-state index in [1.54, 1.807) is 0 Å². The van der Waals surface area contributed by atoms with Crippen molar-refractivity contribution in [3.8, 4) is 0 Å². The molecule has 0 saturated carbocycles. The first-order valence-electron chi connectivity index (χ1n) is 8.15. The highest BCUT2D eigenvalue weighted by Gasteiger charge is 2.24. The first kappa shape index (κ1) is 15.5. The lowest BCUT2D eigenvalue weighted by Crippen LogP contribution is -2.42. The number of aryl methyl sites for hydroxylation is 1. The number of nitrogens with zero attached hydrogens (tertiary/aromatic N) is 1. The molecular formula is C18H30N2. The van der Waals surface area contributed by atoms with E-state index < -0.39 is 0 Å². The molecule has 1 aromatic carbocycles.